The van der Waals surface area contributed by atoms with Gasteiger partial charge in [0.25, 0.3) is 0 Å². The van der Waals surface area contributed by atoms with E-state index < -0.39 is 0 Å². The molecule has 202 valence electrons. The number of phenolic OH excluding ortho intramolecular Hbond substituents is 1. The second-order valence-electron chi connectivity index (χ2n) is 10.2. The summed E-state index contributed by atoms with van der Waals surface area (Å²) in [7, 11) is 0. The Morgan fingerprint density at radius 3 is 1.62 bits per heavy atom. The number of hydrogen-bond donors (Lipinski definition) is 1. The third-order valence-electron chi connectivity index (χ3n) is 7.53. The Kier molecular flexibility index (Phi) is 7.32. The maximum absolute atomic E-state index is 13.9. The van der Waals surface area contributed by atoms with Crippen LogP contribution in [0.3, 0.4) is 0 Å². The van der Waals surface area contributed by atoms with Crippen LogP contribution in [-0.2, 0) is 0 Å². The molecule has 6 aromatic carbocycles. The standard InChI is InChI=1S/C39H28O3/c1-26-25-36(42)39(35(41)24-22-30-18-10-16-28-12-6-8-20-33(28)30)38(31-13-3-2-4-14-31)37(26)34(40)23-21-29-17-9-15-27-11-5-7-19-32(27)29/h2-25,42H,1H3/b23-21+,24-22+. The van der Waals surface area contributed by atoms with E-state index in [0.717, 1.165) is 32.7 Å². The number of phenols is 1. The van der Waals surface area contributed by atoms with Crippen molar-refractivity contribution >= 4 is 45.3 Å². The van der Waals surface area contributed by atoms with Crippen molar-refractivity contribution in [2.24, 2.45) is 0 Å². The molecule has 1 N–H and O–H groups in total. The molecule has 0 saturated heterocycles. The predicted molar refractivity (Wildman–Crippen MR) is 173 cm³/mol. The van der Waals surface area contributed by atoms with Gasteiger partial charge < -0.3 is 5.11 Å². The Balaban J connectivity index is 1.46. The first kappa shape index (κ1) is 26.7. The van der Waals surface area contributed by atoms with Crippen LogP contribution in [-0.4, -0.2) is 16.7 Å². The van der Waals surface area contributed by atoms with Crippen LogP contribution in [0.15, 0.2) is 133 Å². The Hall–Kier alpha value is -5.54. The van der Waals surface area contributed by atoms with E-state index in [4.69, 9.17) is 0 Å². The summed E-state index contributed by atoms with van der Waals surface area (Å²) in [4.78, 5) is 27.7. The Morgan fingerprint density at radius 1 is 0.571 bits per heavy atom. The first-order valence-electron chi connectivity index (χ1n) is 13.8. The second kappa shape index (κ2) is 11.5. The van der Waals surface area contributed by atoms with Gasteiger partial charge in [-0.2, -0.15) is 0 Å². The first-order chi connectivity index (χ1) is 20.5. The summed E-state index contributed by atoms with van der Waals surface area (Å²) in [6, 6.07) is 38.7. The van der Waals surface area contributed by atoms with Gasteiger partial charge in [-0.25, -0.2) is 0 Å². The molecule has 0 aliphatic carbocycles. The predicted octanol–water partition coefficient (Wildman–Crippen LogP) is 9.47. The lowest BCUT2D eigenvalue weighted by Crippen LogP contribution is -2.08. The Morgan fingerprint density at radius 2 is 1.05 bits per heavy atom. The molecule has 0 fully saturated rings. The van der Waals surface area contributed by atoms with Crippen LogP contribution >= 0.6 is 0 Å². The van der Waals surface area contributed by atoms with Crippen molar-refractivity contribution in [1.82, 2.24) is 0 Å². The topological polar surface area (TPSA) is 54.4 Å². The highest BCUT2D eigenvalue weighted by Gasteiger charge is 2.24. The van der Waals surface area contributed by atoms with Gasteiger partial charge in [0.1, 0.15) is 5.75 Å². The van der Waals surface area contributed by atoms with Crippen LogP contribution in [0.2, 0.25) is 0 Å². The van der Waals surface area contributed by atoms with Crippen molar-refractivity contribution in [3.8, 4) is 16.9 Å². The van der Waals surface area contributed by atoms with Gasteiger partial charge in [0.2, 0.25) is 0 Å². The van der Waals surface area contributed by atoms with Crippen molar-refractivity contribution < 1.29 is 14.7 Å². The van der Waals surface area contributed by atoms with Crippen molar-refractivity contribution in [3.05, 3.63) is 161 Å². The molecular weight excluding hydrogens is 516 g/mol. The average molecular weight is 545 g/mol. The molecule has 0 aliphatic rings. The molecule has 6 aromatic rings. The van der Waals surface area contributed by atoms with Gasteiger partial charge in [-0.1, -0.05) is 127 Å². The number of aromatic hydroxyl groups is 1. The molecule has 0 bridgehead atoms. The SMILES string of the molecule is Cc1cc(O)c(C(=O)/C=C/c2cccc3ccccc23)c(-c2ccccc2)c1C(=O)/C=C/c1cccc2ccccc12. The molecule has 3 heteroatoms. The van der Waals surface area contributed by atoms with Gasteiger partial charge in [-0.15, -0.1) is 0 Å². The molecule has 42 heavy (non-hydrogen) atoms. The third-order valence-corrected chi connectivity index (χ3v) is 7.53. The molecule has 0 aromatic heterocycles. The normalized spacial score (nSPS) is 11.5. The van der Waals surface area contributed by atoms with Gasteiger partial charge in [-0.3, -0.25) is 9.59 Å². The van der Waals surface area contributed by atoms with E-state index in [2.05, 4.69) is 0 Å². The van der Waals surface area contributed by atoms with Gasteiger partial charge >= 0.3 is 0 Å². The van der Waals surface area contributed by atoms with Crippen LogP contribution in [0.25, 0.3) is 44.8 Å². The fourth-order valence-electron chi connectivity index (χ4n) is 5.55. The van der Waals surface area contributed by atoms with E-state index in [9.17, 15) is 14.7 Å². The number of fused-ring (bicyclic) bond motifs is 2. The average Bonchev–Trinajstić information content (AvgIpc) is 3.02. The second-order valence-corrected chi connectivity index (χ2v) is 10.2. The highest BCUT2D eigenvalue weighted by molar-refractivity contribution is 6.20. The quantitative estimate of drug-likeness (QED) is 0.161. The molecule has 6 rings (SSSR count). The maximum Gasteiger partial charge on any atom is 0.190 e. The minimum Gasteiger partial charge on any atom is -0.507 e. The molecule has 3 nitrogen and oxygen atoms in total. The zero-order chi connectivity index (χ0) is 29.1. The molecule has 0 aliphatic heterocycles. The van der Waals surface area contributed by atoms with Crippen LogP contribution in [0.5, 0.6) is 5.75 Å². The number of carbonyl (C=O) groups is 2. The first-order valence-corrected chi connectivity index (χ1v) is 13.8. The minimum absolute atomic E-state index is 0.102. The Labute approximate surface area is 244 Å². The van der Waals surface area contributed by atoms with Gasteiger partial charge in [0.05, 0.1) is 5.56 Å². The van der Waals surface area contributed by atoms with E-state index in [-0.39, 0.29) is 22.9 Å². The Bertz CT molecular complexity index is 1900. The zero-order valence-electron chi connectivity index (χ0n) is 23.1. The summed E-state index contributed by atoms with van der Waals surface area (Å²) in [5.74, 6) is -0.786. The smallest absolute Gasteiger partial charge is 0.190 e. The van der Waals surface area contributed by atoms with Gasteiger partial charge in [0, 0.05) is 11.1 Å². The number of aryl methyl sites for hydroxylation is 1. The van der Waals surface area contributed by atoms with E-state index in [1.807, 2.05) is 121 Å². The number of allylic oxidation sites excluding steroid dienone is 2. The van der Waals surface area contributed by atoms with Crippen molar-refractivity contribution in [1.29, 1.82) is 0 Å². The number of rotatable bonds is 7. The monoisotopic (exact) mass is 544 g/mol. The van der Waals surface area contributed by atoms with Crippen LogP contribution in [0, 0.1) is 6.92 Å². The summed E-state index contributed by atoms with van der Waals surface area (Å²) in [5, 5.41) is 15.3. The number of carbonyl (C=O) groups excluding carboxylic acids is 2. The largest absolute Gasteiger partial charge is 0.507 e. The molecule has 0 heterocycles. The zero-order valence-corrected chi connectivity index (χ0v) is 23.1. The molecule has 0 radical (unpaired) electrons. The van der Waals surface area contributed by atoms with Crippen molar-refractivity contribution in [2.45, 2.75) is 6.92 Å². The van der Waals surface area contributed by atoms with Crippen LogP contribution < -0.4 is 0 Å². The molecule has 0 unspecified atom stereocenters. The maximum atomic E-state index is 13.9. The molecule has 0 amide bonds. The van der Waals surface area contributed by atoms with Crippen molar-refractivity contribution in [2.75, 3.05) is 0 Å². The highest BCUT2D eigenvalue weighted by atomic mass is 16.3. The summed E-state index contributed by atoms with van der Waals surface area (Å²) < 4.78 is 0. The van der Waals surface area contributed by atoms with E-state index >= 15 is 0 Å². The third kappa shape index (κ3) is 5.16. The van der Waals surface area contributed by atoms with E-state index in [0.29, 0.717) is 22.3 Å². The van der Waals surface area contributed by atoms with Crippen molar-refractivity contribution in [3.63, 3.8) is 0 Å². The summed E-state index contributed by atoms with van der Waals surface area (Å²) in [6.45, 7) is 1.78. The van der Waals surface area contributed by atoms with Crippen LogP contribution in [0.4, 0.5) is 0 Å². The molecule has 0 spiro atoms. The van der Waals surface area contributed by atoms with E-state index in [1.54, 1.807) is 19.1 Å². The lowest BCUT2D eigenvalue weighted by Gasteiger charge is -2.17. The summed E-state index contributed by atoms with van der Waals surface area (Å²) >= 11 is 0. The lowest BCUT2D eigenvalue weighted by molar-refractivity contribution is 0.104. The molecule has 0 saturated carbocycles. The number of benzene rings is 6. The van der Waals surface area contributed by atoms with Crippen LogP contribution in [0.1, 0.15) is 37.4 Å². The molecule has 0 atom stereocenters. The van der Waals surface area contributed by atoms with Gasteiger partial charge in [0.15, 0.2) is 11.6 Å². The number of ketones is 2. The number of hydrogen-bond acceptors (Lipinski definition) is 3. The fourth-order valence-corrected chi connectivity index (χ4v) is 5.55. The summed E-state index contributed by atoms with van der Waals surface area (Å²) in [6.07, 6.45) is 6.60. The molecular formula is C39H28O3. The lowest BCUT2D eigenvalue weighted by atomic mass is 9.86. The minimum atomic E-state index is -0.383. The fraction of sp³-hybridized carbons (Fsp3) is 0.0256. The van der Waals surface area contributed by atoms with Gasteiger partial charge in [-0.05, 0) is 68.9 Å². The summed E-state index contributed by atoms with van der Waals surface area (Å²) in [5.41, 5.74) is 4.00. The highest BCUT2D eigenvalue weighted by Crippen LogP contribution is 2.37. The van der Waals surface area contributed by atoms with E-state index in [1.165, 1.54) is 12.1 Å².